The maximum absolute atomic E-state index is 12.3. The quantitative estimate of drug-likeness (QED) is 0.897. The number of nitrogens with zero attached hydrogens (tertiary/aromatic N) is 2. The van der Waals surface area contributed by atoms with E-state index >= 15 is 0 Å². The summed E-state index contributed by atoms with van der Waals surface area (Å²) in [5.41, 5.74) is 2.43. The van der Waals surface area contributed by atoms with Crippen LogP contribution < -0.4 is 10.6 Å². The van der Waals surface area contributed by atoms with Crippen LogP contribution in [-0.4, -0.2) is 17.1 Å². The van der Waals surface area contributed by atoms with Crippen molar-refractivity contribution < 1.29 is 4.79 Å². The predicted molar refractivity (Wildman–Crippen MR) is 91.2 cm³/mol. The van der Waals surface area contributed by atoms with Crippen molar-refractivity contribution in [2.75, 3.05) is 5.32 Å². The summed E-state index contributed by atoms with van der Waals surface area (Å²) in [6, 6.07) is 7.61. The maximum Gasteiger partial charge on any atom is 0.319 e. The lowest BCUT2D eigenvalue weighted by Gasteiger charge is -2.17. The van der Waals surface area contributed by atoms with Crippen LogP contribution in [0.2, 0.25) is 0 Å². The van der Waals surface area contributed by atoms with E-state index in [1.807, 2.05) is 18.4 Å². The summed E-state index contributed by atoms with van der Waals surface area (Å²) in [6.45, 7) is 2.04. The van der Waals surface area contributed by atoms with Gasteiger partial charge in [0, 0.05) is 28.1 Å². The van der Waals surface area contributed by atoms with Crippen molar-refractivity contribution in [2.24, 2.45) is 5.92 Å². The number of hydrogen-bond donors (Lipinski definition) is 2. The summed E-state index contributed by atoms with van der Waals surface area (Å²) in [5, 5.41) is 16.9. The number of carbonyl (C=O) groups excluding carboxylic acids is 1. The number of nitrogens with one attached hydrogen (secondary N) is 2. The van der Waals surface area contributed by atoms with Gasteiger partial charge in [0.05, 0.1) is 23.4 Å². The Balaban J connectivity index is 1.73. The number of rotatable bonds is 3. The third-order valence-electron chi connectivity index (χ3n) is 4.06. The number of nitriles is 1. The van der Waals surface area contributed by atoms with Gasteiger partial charge >= 0.3 is 6.03 Å². The topological polar surface area (TPSA) is 77.8 Å². The van der Waals surface area contributed by atoms with E-state index in [4.69, 9.17) is 5.26 Å². The summed E-state index contributed by atoms with van der Waals surface area (Å²) < 4.78 is 0. The number of urea groups is 1. The Hall–Kier alpha value is -2.39. The maximum atomic E-state index is 12.3. The molecule has 2 amide bonds. The zero-order valence-electron chi connectivity index (χ0n) is 12.9. The summed E-state index contributed by atoms with van der Waals surface area (Å²) in [7, 11) is 0. The van der Waals surface area contributed by atoms with Gasteiger partial charge in [0.1, 0.15) is 0 Å². The molecule has 6 heteroatoms. The van der Waals surface area contributed by atoms with Crippen LogP contribution >= 0.6 is 11.3 Å². The number of carbonyl (C=O) groups is 1. The monoisotopic (exact) mass is 326 g/mol. The highest BCUT2D eigenvalue weighted by atomic mass is 32.1. The van der Waals surface area contributed by atoms with Gasteiger partial charge in [-0.05, 0) is 44.4 Å². The molecule has 23 heavy (non-hydrogen) atoms. The van der Waals surface area contributed by atoms with Gasteiger partial charge in [-0.2, -0.15) is 5.26 Å². The normalized spacial score (nSPS) is 20.0. The fourth-order valence-corrected chi connectivity index (χ4v) is 3.61. The lowest BCUT2D eigenvalue weighted by Crippen LogP contribution is -2.39. The number of thiophene rings is 1. The Kier molecular flexibility index (Phi) is 4.58. The molecule has 3 rings (SSSR count). The molecule has 1 aliphatic carbocycles. The van der Waals surface area contributed by atoms with Crippen LogP contribution in [0.1, 0.15) is 24.1 Å². The number of anilines is 1. The Morgan fingerprint density at radius 2 is 2.35 bits per heavy atom. The molecule has 0 saturated heterocycles. The molecule has 118 valence electrons. The van der Waals surface area contributed by atoms with Crippen molar-refractivity contribution in [3.63, 3.8) is 0 Å². The van der Waals surface area contributed by atoms with Crippen molar-refractivity contribution in [2.45, 2.75) is 32.2 Å². The molecule has 5 nitrogen and oxygen atoms in total. The SMILES string of the molecule is Cc1cc(-c2ncccc2NC(=O)NC2CCCC2C#N)cs1. The fourth-order valence-electron chi connectivity index (χ4n) is 2.92. The molecule has 2 N–H and O–H groups in total. The van der Waals surface area contributed by atoms with Gasteiger partial charge in [-0.15, -0.1) is 11.3 Å². The van der Waals surface area contributed by atoms with Crippen molar-refractivity contribution in [1.29, 1.82) is 5.26 Å². The second-order valence-corrected chi connectivity index (χ2v) is 6.83. The van der Waals surface area contributed by atoms with E-state index in [9.17, 15) is 4.79 Å². The second kappa shape index (κ2) is 6.80. The van der Waals surface area contributed by atoms with Gasteiger partial charge in [-0.25, -0.2) is 4.79 Å². The average Bonchev–Trinajstić information content (AvgIpc) is 3.16. The van der Waals surface area contributed by atoms with Crippen molar-refractivity contribution in [1.82, 2.24) is 10.3 Å². The molecular weight excluding hydrogens is 308 g/mol. The van der Waals surface area contributed by atoms with E-state index in [-0.39, 0.29) is 18.0 Å². The van der Waals surface area contributed by atoms with Gasteiger partial charge in [0.2, 0.25) is 0 Å². The molecule has 0 radical (unpaired) electrons. The van der Waals surface area contributed by atoms with Gasteiger partial charge in [-0.1, -0.05) is 0 Å². The van der Waals surface area contributed by atoms with Gasteiger partial charge < -0.3 is 10.6 Å². The standard InChI is InChI=1S/C17H18N4OS/c1-11-8-13(10-23-11)16-15(6-3-7-19-16)21-17(22)20-14-5-2-4-12(14)9-18/h3,6-8,10,12,14H,2,4-5H2,1H3,(H2,20,21,22). The van der Waals surface area contributed by atoms with Crippen molar-refractivity contribution in [3.05, 3.63) is 34.7 Å². The lowest BCUT2D eigenvalue weighted by molar-refractivity contribution is 0.247. The predicted octanol–water partition coefficient (Wildman–Crippen LogP) is 3.93. The highest BCUT2D eigenvalue weighted by Crippen LogP contribution is 2.29. The van der Waals surface area contributed by atoms with Crippen LogP contribution in [0.3, 0.4) is 0 Å². The Morgan fingerprint density at radius 1 is 1.48 bits per heavy atom. The zero-order chi connectivity index (χ0) is 16.2. The molecule has 0 spiro atoms. The molecule has 2 aromatic rings. The molecule has 1 aliphatic rings. The van der Waals surface area contributed by atoms with Crippen LogP contribution in [0, 0.1) is 24.2 Å². The van der Waals surface area contributed by atoms with Crippen LogP contribution in [0.4, 0.5) is 10.5 Å². The van der Waals surface area contributed by atoms with E-state index in [2.05, 4.69) is 27.8 Å². The van der Waals surface area contributed by atoms with Gasteiger partial charge in [0.15, 0.2) is 0 Å². The van der Waals surface area contributed by atoms with E-state index in [0.29, 0.717) is 5.69 Å². The summed E-state index contributed by atoms with van der Waals surface area (Å²) in [4.78, 5) is 17.8. The molecule has 0 aliphatic heterocycles. The lowest BCUT2D eigenvalue weighted by atomic mass is 10.1. The Morgan fingerprint density at radius 3 is 3.09 bits per heavy atom. The first-order valence-electron chi connectivity index (χ1n) is 7.65. The third-order valence-corrected chi connectivity index (χ3v) is 4.92. The highest BCUT2D eigenvalue weighted by Gasteiger charge is 2.28. The number of amides is 2. The number of pyridine rings is 1. The van der Waals surface area contributed by atoms with Crippen molar-refractivity contribution >= 4 is 23.1 Å². The Labute approximate surface area is 139 Å². The zero-order valence-corrected chi connectivity index (χ0v) is 13.7. The molecule has 1 fully saturated rings. The van der Waals surface area contributed by atoms with Crippen LogP contribution in [0.5, 0.6) is 0 Å². The minimum Gasteiger partial charge on any atom is -0.334 e. The first-order chi connectivity index (χ1) is 11.2. The summed E-state index contributed by atoms with van der Waals surface area (Å²) >= 11 is 1.65. The van der Waals surface area contributed by atoms with E-state index in [0.717, 1.165) is 30.5 Å². The molecule has 0 bridgehead atoms. The summed E-state index contributed by atoms with van der Waals surface area (Å²) in [6.07, 6.45) is 4.41. The van der Waals surface area contributed by atoms with Crippen molar-refractivity contribution in [3.8, 4) is 17.3 Å². The van der Waals surface area contributed by atoms with E-state index < -0.39 is 0 Å². The molecular formula is C17H18N4OS. The number of aromatic nitrogens is 1. The second-order valence-electron chi connectivity index (χ2n) is 5.72. The van der Waals surface area contributed by atoms with Crippen LogP contribution in [0.15, 0.2) is 29.8 Å². The van der Waals surface area contributed by atoms with E-state index in [1.54, 1.807) is 23.6 Å². The van der Waals surface area contributed by atoms with Gasteiger partial charge in [-0.3, -0.25) is 4.98 Å². The van der Waals surface area contributed by atoms with E-state index in [1.165, 1.54) is 4.88 Å². The van der Waals surface area contributed by atoms with Crippen LogP contribution in [0.25, 0.3) is 11.3 Å². The average molecular weight is 326 g/mol. The van der Waals surface area contributed by atoms with Crippen LogP contribution in [-0.2, 0) is 0 Å². The number of aryl methyl sites for hydroxylation is 1. The highest BCUT2D eigenvalue weighted by molar-refractivity contribution is 7.10. The fraction of sp³-hybridized carbons (Fsp3) is 0.353. The molecule has 2 atom stereocenters. The molecule has 2 aromatic heterocycles. The first kappa shape index (κ1) is 15.5. The van der Waals surface area contributed by atoms with Gasteiger partial charge in [0.25, 0.3) is 0 Å². The molecule has 0 aromatic carbocycles. The Bertz CT molecular complexity index is 749. The number of hydrogen-bond acceptors (Lipinski definition) is 4. The molecule has 2 unspecified atom stereocenters. The third kappa shape index (κ3) is 3.51. The first-order valence-corrected chi connectivity index (χ1v) is 8.53. The molecule has 2 heterocycles. The minimum absolute atomic E-state index is 0.0662. The molecule has 1 saturated carbocycles. The largest absolute Gasteiger partial charge is 0.334 e. The smallest absolute Gasteiger partial charge is 0.319 e. The summed E-state index contributed by atoms with van der Waals surface area (Å²) in [5.74, 6) is -0.0892. The minimum atomic E-state index is -0.279.